The van der Waals surface area contributed by atoms with Crippen molar-refractivity contribution >= 4 is 38.9 Å². The van der Waals surface area contributed by atoms with Crippen LogP contribution in [-0.2, 0) is 9.84 Å². The van der Waals surface area contributed by atoms with Gasteiger partial charge in [0.15, 0.2) is 4.91 Å². The Morgan fingerprint density at radius 2 is 1.67 bits per heavy atom. The minimum atomic E-state index is -4.02. The van der Waals surface area contributed by atoms with Crippen LogP contribution in [0.3, 0.4) is 0 Å². The molecule has 0 saturated carbocycles. The van der Waals surface area contributed by atoms with Crippen molar-refractivity contribution in [2.45, 2.75) is 4.90 Å². The molecule has 2 aromatic rings. The number of nitrogens with zero attached hydrogens (tertiary/aromatic N) is 1. The molecule has 2 rings (SSSR count). The Balaban J connectivity index is 2.53. The van der Waals surface area contributed by atoms with Gasteiger partial charge in [0.1, 0.15) is 22.6 Å². The van der Waals surface area contributed by atoms with E-state index in [0.29, 0.717) is 22.2 Å². The second-order valence-corrected chi connectivity index (χ2v) is 8.30. The van der Waals surface area contributed by atoms with Gasteiger partial charge in [0.2, 0.25) is 9.84 Å². The van der Waals surface area contributed by atoms with E-state index in [1.807, 2.05) is 0 Å². The zero-order valence-corrected chi connectivity index (χ0v) is 17.2. The quantitative estimate of drug-likeness (QED) is 0.663. The van der Waals surface area contributed by atoms with Crippen LogP contribution in [0.15, 0.2) is 57.3 Å². The number of rotatable bonds is 7. The molecule has 0 aromatic heterocycles. The Morgan fingerprint density at radius 3 is 2.11 bits per heavy atom. The van der Waals surface area contributed by atoms with Gasteiger partial charge < -0.3 is 14.8 Å². The van der Waals surface area contributed by atoms with Crippen LogP contribution in [0.5, 0.6) is 11.5 Å². The third kappa shape index (κ3) is 4.89. The van der Waals surface area contributed by atoms with Crippen molar-refractivity contribution in [2.24, 2.45) is 0 Å². The molecule has 9 heteroatoms. The standard InChI is InChI=1S/C18H17ClN2O4S2/c1-24-14-8-13(9-15(10-14)25-2)21-18(26-3)17(11-20)27(22,23)16-6-4-12(19)5-7-16/h4-10,21H,1-3H3. The van der Waals surface area contributed by atoms with Crippen molar-refractivity contribution in [1.82, 2.24) is 0 Å². The van der Waals surface area contributed by atoms with E-state index in [0.717, 1.165) is 11.8 Å². The van der Waals surface area contributed by atoms with Gasteiger partial charge in [0, 0.05) is 28.9 Å². The predicted molar refractivity (Wildman–Crippen MR) is 108 cm³/mol. The topological polar surface area (TPSA) is 88.4 Å². The number of sulfone groups is 1. The summed E-state index contributed by atoms with van der Waals surface area (Å²) in [6.07, 6.45) is 1.68. The van der Waals surface area contributed by atoms with Gasteiger partial charge in [-0.05, 0) is 30.5 Å². The summed E-state index contributed by atoms with van der Waals surface area (Å²) < 4.78 is 36.2. The number of anilines is 1. The summed E-state index contributed by atoms with van der Waals surface area (Å²) >= 11 is 6.93. The van der Waals surface area contributed by atoms with Gasteiger partial charge >= 0.3 is 0 Å². The first kappa shape index (κ1) is 21.0. The summed E-state index contributed by atoms with van der Waals surface area (Å²) in [5, 5.41) is 13.1. The Labute approximate surface area is 167 Å². The molecule has 142 valence electrons. The minimum absolute atomic E-state index is 0.0139. The van der Waals surface area contributed by atoms with Crippen molar-refractivity contribution in [3.8, 4) is 17.6 Å². The number of hydrogen-bond donors (Lipinski definition) is 1. The average Bonchev–Trinajstić information content (AvgIpc) is 2.67. The van der Waals surface area contributed by atoms with E-state index < -0.39 is 9.84 Å². The molecule has 0 aliphatic carbocycles. The molecule has 0 unspecified atom stereocenters. The minimum Gasteiger partial charge on any atom is -0.497 e. The van der Waals surface area contributed by atoms with Crippen LogP contribution in [0.1, 0.15) is 0 Å². The van der Waals surface area contributed by atoms with E-state index in [2.05, 4.69) is 5.32 Å². The molecular weight excluding hydrogens is 408 g/mol. The lowest BCUT2D eigenvalue weighted by Crippen LogP contribution is -2.10. The molecule has 0 atom stereocenters. The summed E-state index contributed by atoms with van der Waals surface area (Å²) in [6, 6.07) is 12.5. The number of nitrogens with one attached hydrogen (secondary N) is 1. The van der Waals surface area contributed by atoms with Gasteiger partial charge in [0.05, 0.1) is 19.1 Å². The number of ether oxygens (including phenoxy) is 2. The van der Waals surface area contributed by atoms with Crippen molar-refractivity contribution in [2.75, 3.05) is 25.8 Å². The van der Waals surface area contributed by atoms with Crippen molar-refractivity contribution in [3.05, 3.63) is 57.4 Å². The first-order valence-electron chi connectivity index (χ1n) is 7.54. The molecule has 1 N–H and O–H groups in total. The highest BCUT2D eigenvalue weighted by atomic mass is 35.5. The van der Waals surface area contributed by atoms with Gasteiger partial charge in [-0.3, -0.25) is 0 Å². The Kier molecular flexibility index (Phi) is 7.02. The highest BCUT2D eigenvalue weighted by Crippen LogP contribution is 2.31. The number of hydrogen-bond acceptors (Lipinski definition) is 7. The summed E-state index contributed by atoms with van der Waals surface area (Å²) in [5.41, 5.74) is 0.523. The number of thioether (sulfide) groups is 1. The van der Waals surface area contributed by atoms with E-state index in [1.54, 1.807) is 30.5 Å². The zero-order valence-electron chi connectivity index (χ0n) is 14.8. The summed E-state index contributed by atoms with van der Waals surface area (Å²) in [5.74, 6) is 1.05. The molecule has 0 fully saturated rings. The number of benzene rings is 2. The molecule has 0 aliphatic heterocycles. The summed E-state index contributed by atoms with van der Waals surface area (Å²) in [6.45, 7) is 0. The van der Waals surface area contributed by atoms with Crippen LogP contribution in [0, 0.1) is 11.3 Å². The highest BCUT2D eigenvalue weighted by molar-refractivity contribution is 8.04. The summed E-state index contributed by atoms with van der Waals surface area (Å²) in [4.78, 5) is -0.404. The maximum atomic E-state index is 12.9. The van der Waals surface area contributed by atoms with Gasteiger partial charge in [0.25, 0.3) is 0 Å². The fourth-order valence-corrected chi connectivity index (χ4v) is 4.48. The molecule has 0 saturated heterocycles. The molecule has 0 bridgehead atoms. The lowest BCUT2D eigenvalue weighted by Gasteiger charge is -2.14. The fraction of sp³-hybridized carbons (Fsp3) is 0.167. The third-order valence-corrected chi connectivity index (χ3v) is 6.34. The number of halogens is 1. The molecule has 0 amide bonds. The van der Waals surface area contributed by atoms with Crippen molar-refractivity contribution < 1.29 is 17.9 Å². The average molecular weight is 425 g/mol. The van der Waals surface area contributed by atoms with Crippen LogP contribution >= 0.6 is 23.4 Å². The van der Waals surface area contributed by atoms with Gasteiger partial charge in [-0.15, -0.1) is 11.8 Å². The smallest absolute Gasteiger partial charge is 0.219 e. The van der Waals surface area contributed by atoms with Crippen LogP contribution in [0.4, 0.5) is 5.69 Å². The van der Waals surface area contributed by atoms with Crippen LogP contribution in [0.25, 0.3) is 0 Å². The van der Waals surface area contributed by atoms with Crippen molar-refractivity contribution in [1.29, 1.82) is 5.26 Å². The Hall–Kier alpha value is -2.34. The van der Waals surface area contributed by atoms with E-state index in [-0.39, 0.29) is 14.8 Å². The third-order valence-electron chi connectivity index (χ3n) is 3.51. The molecule has 2 aromatic carbocycles. The number of methoxy groups -OCH3 is 2. The lowest BCUT2D eigenvalue weighted by molar-refractivity contribution is 0.395. The van der Waals surface area contributed by atoms with Crippen LogP contribution in [0.2, 0.25) is 5.02 Å². The molecular formula is C18H17ClN2O4S2. The molecule has 0 spiro atoms. The summed E-state index contributed by atoms with van der Waals surface area (Å²) in [7, 11) is -0.998. The Bertz CT molecular complexity index is 975. The van der Waals surface area contributed by atoms with Gasteiger partial charge in [-0.1, -0.05) is 11.6 Å². The molecule has 6 nitrogen and oxygen atoms in total. The van der Waals surface area contributed by atoms with E-state index in [1.165, 1.54) is 38.5 Å². The molecule has 0 heterocycles. The molecule has 27 heavy (non-hydrogen) atoms. The monoisotopic (exact) mass is 424 g/mol. The fourth-order valence-electron chi connectivity index (χ4n) is 2.18. The zero-order chi connectivity index (χ0) is 20.0. The Morgan fingerprint density at radius 1 is 1.11 bits per heavy atom. The largest absolute Gasteiger partial charge is 0.497 e. The normalized spacial score (nSPS) is 12.0. The SMILES string of the molecule is COc1cc(NC(SC)=C(C#N)S(=O)(=O)c2ccc(Cl)cc2)cc(OC)c1. The van der Waals surface area contributed by atoms with Crippen molar-refractivity contribution in [3.63, 3.8) is 0 Å². The maximum Gasteiger partial charge on any atom is 0.219 e. The molecule has 0 radical (unpaired) electrons. The second-order valence-electron chi connectivity index (χ2n) is 5.16. The van der Waals surface area contributed by atoms with Gasteiger partial charge in [-0.2, -0.15) is 5.26 Å². The number of nitriles is 1. The second kappa shape index (κ2) is 9.04. The van der Waals surface area contributed by atoms with E-state index in [9.17, 15) is 13.7 Å². The number of allylic oxidation sites excluding steroid dienone is 1. The highest BCUT2D eigenvalue weighted by Gasteiger charge is 2.25. The van der Waals surface area contributed by atoms with Crippen LogP contribution < -0.4 is 14.8 Å². The predicted octanol–water partition coefficient (Wildman–Crippen LogP) is 4.30. The van der Waals surface area contributed by atoms with E-state index in [4.69, 9.17) is 21.1 Å². The first-order valence-corrected chi connectivity index (χ1v) is 10.6. The van der Waals surface area contributed by atoms with Crippen LogP contribution in [-0.4, -0.2) is 28.9 Å². The molecule has 0 aliphatic rings. The van der Waals surface area contributed by atoms with Gasteiger partial charge in [-0.25, -0.2) is 8.42 Å². The lowest BCUT2D eigenvalue weighted by atomic mass is 10.3. The van der Waals surface area contributed by atoms with E-state index >= 15 is 0 Å². The first-order chi connectivity index (χ1) is 12.8. The maximum absolute atomic E-state index is 12.9.